The van der Waals surface area contributed by atoms with Crippen LogP contribution >= 0.6 is 0 Å². The van der Waals surface area contributed by atoms with Crippen molar-refractivity contribution in [3.63, 3.8) is 0 Å². The van der Waals surface area contributed by atoms with Gasteiger partial charge in [0, 0.05) is 0 Å². The summed E-state index contributed by atoms with van der Waals surface area (Å²) in [5.41, 5.74) is 5.05. The van der Waals surface area contributed by atoms with Crippen molar-refractivity contribution in [2.75, 3.05) is 0 Å². The third-order valence-corrected chi connectivity index (χ3v) is 11.0. The summed E-state index contributed by atoms with van der Waals surface area (Å²) < 4.78 is 0. The Bertz CT molecular complexity index is 2340. The highest BCUT2D eigenvalue weighted by atomic mass is 28.3. The maximum absolute atomic E-state index is 2.41. The molecule has 0 saturated heterocycles. The predicted molar refractivity (Wildman–Crippen MR) is 188 cm³/mol. The van der Waals surface area contributed by atoms with Crippen molar-refractivity contribution in [1.82, 2.24) is 0 Å². The van der Waals surface area contributed by atoms with E-state index in [1.54, 1.807) is 0 Å². The molecule has 8 aromatic rings. The third-order valence-electron chi connectivity index (χ3n) is 8.94. The van der Waals surface area contributed by atoms with E-state index >= 15 is 0 Å². The quantitative estimate of drug-likeness (QED) is 0.151. The predicted octanol–water partition coefficient (Wildman–Crippen LogP) is 11.3. The molecule has 0 saturated carbocycles. The van der Waals surface area contributed by atoms with Crippen molar-refractivity contribution in [2.45, 2.75) is 19.6 Å². The van der Waals surface area contributed by atoms with Gasteiger partial charge in [0.2, 0.25) is 0 Å². The van der Waals surface area contributed by atoms with Crippen LogP contribution in [0.2, 0.25) is 19.6 Å². The van der Waals surface area contributed by atoms with Gasteiger partial charge in [-0.1, -0.05) is 140 Å². The van der Waals surface area contributed by atoms with Crippen LogP contribution in [0, 0.1) is 0 Å². The van der Waals surface area contributed by atoms with Crippen LogP contribution in [0.4, 0.5) is 0 Å². The fraction of sp³-hybridized carbons (Fsp3) is 0.0732. The second-order valence-electron chi connectivity index (χ2n) is 12.7. The first-order valence-electron chi connectivity index (χ1n) is 14.8. The Morgan fingerprint density at radius 3 is 1.69 bits per heavy atom. The Labute approximate surface area is 247 Å². The van der Waals surface area contributed by atoms with Crippen LogP contribution in [0.15, 0.2) is 140 Å². The van der Waals surface area contributed by atoms with Gasteiger partial charge >= 0.3 is 0 Å². The zero-order valence-corrected chi connectivity index (χ0v) is 25.3. The van der Waals surface area contributed by atoms with Gasteiger partial charge in [0.1, 0.15) is 0 Å². The highest BCUT2D eigenvalue weighted by Crippen LogP contribution is 2.39. The number of benzene rings is 8. The minimum absolute atomic E-state index is 1.25. The smallest absolute Gasteiger partial charge is 0.0656 e. The lowest BCUT2D eigenvalue weighted by Gasteiger charge is -2.17. The minimum Gasteiger partial charge on any atom is -0.0656 e. The Morgan fingerprint density at radius 1 is 0.357 bits per heavy atom. The monoisotopic (exact) mass is 552 g/mol. The van der Waals surface area contributed by atoms with E-state index in [1.165, 1.54) is 81.3 Å². The maximum Gasteiger partial charge on any atom is 0.0776 e. The van der Waals surface area contributed by atoms with Gasteiger partial charge in [0.25, 0.3) is 0 Å². The van der Waals surface area contributed by atoms with Crippen LogP contribution in [0.5, 0.6) is 0 Å². The van der Waals surface area contributed by atoms with Gasteiger partial charge in [-0.25, -0.2) is 0 Å². The number of fused-ring (bicyclic) bond motifs is 7. The molecule has 0 amide bonds. The molecule has 0 heterocycles. The molecule has 0 bridgehead atoms. The van der Waals surface area contributed by atoms with Gasteiger partial charge < -0.3 is 0 Å². The molecular formula is C41H32Si. The van der Waals surface area contributed by atoms with Crippen LogP contribution in [0.3, 0.4) is 0 Å². The number of rotatable bonds is 3. The van der Waals surface area contributed by atoms with Crippen LogP contribution in [-0.2, 0) is 0 Å². The zero-order valence-electron chi connectivity index (χ0n) is 24.3. The van der Waals surface area contributed by atoms with Crippen LogP contribution in [-0.4, -0.2) is 8.07 Å². The SMILES string of the molecule is C[Si](C)(C)c1ccc2cc(-c3ccc4ccc(-c5cc6ccc7ccccc7c6c6ccccc56)cc4c3)ccc2c1. The van der Waals surface area contributed by atoms with Gasteiger partial charge in [-0.2, -0.15) is 0 Å². The van der Waals surface area contributed by atoms with E-state index < -0.39 is 8.07 Å². The Kier molecular flexibility index (Phi) is 5.60. The summed E-state index contributed by atoms with van der Waals surface area (Å²) in [6.07, 6.45) is 0. The van der Waals surface area contributed by atoms with Crippen LogP contribution < -0.4 is 5.19 Å². The van der Waals surface area contributed by atoms with Gasteiger partial charge in [-0.3, -0.25) is 0 Å². The molecule has 0 fully saturated rings. The third kappa shape index (κ3) is 4.12. The second-order valence-corrected chi connectivity index (χ2v) is 17.7. The molecule has 0 aliphatic rings. The molecule has 42 heavy (non-hydrogen) atoms. The maximum atomic E-state index is 2.41. The van der Waals surface area contributed by atoms with Crippen molar-refractivity contribution in [2.24, 2.45) is 0 Å². The van der Waals surface area contributed by atoms with E-state index in [0.717, 1.165) is 0 Å². The van der Waals surface area contributed by atoms with Crippen molar-refractivity contribution >= 4 is 67.1 Å². The van der Waals surface area contributed by atoms with Gasteiger partial charge in [0.05, 0.1) is 8.07 Å². The van der Waals surface area contributed by atoms with E-state index in [9.17, 15) is 0 Å². The first-order chi connectivity index (χ1) is 20.4. The first kappa shape index (κ1) is 25.0. The molecule has 0 spiro atoms. The molecule has 200 valence electrons. The molecule has 0 aliphatic heterocycles. The molecule has 0 unspecified atom stereocenters. The zero-order chi connectivity index (χ0) is 28.4. The lowest BCUT2D eigenvalue weighted by Crippen LogP contribution is -2.37. The highest BCUT2D eigenvalue weighted by Gasteiger charge is 2.16. The molecular weight excluding hydrogens is 521 g/mol. The fourth-order valence-corrected chi connectivity index (χ4v) is 7.77. The van der Waals surface area contributed by atoms with Gasteiger partial charge in [-0.15, -0.1) is 0 Å². The lowest BCUT2D eigenvalue weighted by atomic mass is 9.90. The summed E-state index contributed by atoms with van der Waals surface area (Å²) in [6.45, 7) is 7.23. The van der Waals surface area contributed by atoms with E-state index in [0.29, 0.717) is 0 Å². The van der Waals surface area contributed by atoms with E-state index in [2.05, 4.69) is 159 Å². The van der Waals surface area contributed by atoms with E-state index in [-0.39, 0.29) is 0 Å². The van der Waals surface area contributed by atoms with E-state index in [4.69, 9.17) is 0 Å². The molecule has 0 aromatic heterocycles. The summed E-state index contributed by atoms with van der Waals surface area (Å²) in [7, 11) is -1.34. The number of hydrogen-bond acceptors (Lipinski definition) is 0. The summed E-state index contributed by atoms with van der Waals surface area (Å²) >= 11 is 0. The first-order valence-corrected chi connectivity index (χ1v) is 18.3. The lowest BCUT2D eigenvalue weighted by molar-refractivity contribution is 1.66. The summed E-state index contributed by atoms with van der Waals surface area (Å²) in [6, 6.07) is 52.3. The Balaban J connectivity index is 1.27. The Morgan fingerprint density at radius 2 is 0.905 bits per heavy atom. The fourth-order valence-electron chi connectivity index (χ4n) is 6.60. The molecule has 8 aromatic carbocycles. The molecule has 0 nitrogen and oxygen atoms in total. The Hall–Kier alpha value is -4.72. The summed E-state index contributed by atoms with van der Waals surface area (Å²) in [5, 5.41) is 14.5. The van der Waals surface area contributed by atoms with Gasteiger partial charge in [-0.05, 0) is 100 Å². The normalized spacial score (nSPS) is 12.2. The molecule has 1 heteroatoms. The molecule has 8 rings (SSSR count). The topological polar surface area (TPSA) is 0 Å². The van der Waals surface area contributed by atoms with Crippen LogP contribution in [0.25, 0.3) is 76.1 Å². The second kappa shape index (κ2) is 9.41. The standard InChI is InChI=1S/C41H32Si/c1-42(2,3)36-21-20-31-22-29(16-17-32(31)25-36)30-15-12-27-13-18-33(24-35(27)23-30)40-26-34-19-14-28-8-4-5-9-37(28)41(34)39-11-7-6-10-38(39)40/h4-26H,1-3H3. The van der Waals surface area contributed by atoms with Crippen LogP contribution in [0.1, 0.15) is 0 Å². The van der Waals surface area contributed by atoms with Crippen molar-refractivity contribution < 1.29 is 0 Å². The average Bonchev–Trinajstić information content (AvgIpc) is 3.02. The largest absolute Gasteiger partial charge is 0.0776 e. The summed E-state index contributed by atoms with van der Waals surface area (Å²) in [4.78, 5) is 0. The van der Waals surface area contributed by atoms with Crippen molar-refractivity contribution in [1.29, 1.82) is 0 Å². The highest BCUT2D eigenvalue weighted by molar-refractivity contribution is 6.88. The summed E-state index contributed by atoms with van der Waals surface area (Å²) in [5.74, 6) is 0. The van der Waals surface area contributed by atoms with Crippen molar-refractivity contribution in [3.05, 3.63) is 140 Å². The van der Waals surface area contributed by atoms with E-state index in [1.807, 2.05) is 0 Å². The molecule has 0 N–H and O–H groups in total. The van der Waals surface area contributed by atoms with Crippen molar-refractivity contribution in [3.8, 4) is 22.3 Å². The van der Waals surface area contributed by atoms with Gasteiger partial charge in [0.15, 0.2) is 0 Å². The number of hydrogen-bond donors (Lipinski definition) is 0. The molecule has 0 aliphatic carbocycles. The molecule has 0 radical (unpaired) electrons. The molecule has 0 atom stereocenters. The minimum atomic E-state index is -1.34. The average molecular weight is 553 g/mol.